The maximum absolute atomic E-state index is 14.1. The van der Waals surface area contributed by atoms with Crippen LogP contribution in [-0.4, -0.2) is 49.2 Å². The maximum atomic E-state index is 14.1. The number of imide groups is 1. The summed E-state index contributed by atoms with van der Waals surface area (Å²) in [4.78, 5) is 29.3. The molecule has 0 radical (unpaired) electrons. The van der Waals surface area contributed by atoms with Crippen molar-refractivity contribution < 1.29 is 19.4 Å². The Kier molecular flexibility index (Phi) is 4.66. The number of fused-ring (bicyclic) bond motifs is 7. The summed E-state index contributed by atoms with van der Waals surface area (Å²) in [7, 11) is 0. The molecule has 0 saturated carbocycles. The third-order valence-electron chi connectivity index (χ3n) is 8.79. The lowest BCUT2D eigenvalue weighted by Crippen LogP contribution is -2.49. The number of aliphatic hydroxyl groups excluding tert-OH is 1. The van der Waals surface area contributed by atoms with E-state index in [4.69, 9.17) is 4.74 Å². The van der Waals surface area contributed by atoms with Gasteiger partial charge in [0.2, 0.25) is 11.8 Å². The van der Waals surface area contributed by atoms with Gasteiger partial charge in [-0.15, -0.1) is 5.10 Å². The van der Waals surface area contributed by atoms with Gasteiger partial charge in [0.1, 0.15) is 11.1 Å². The summed E-state index contributed by atoms with van der Waals surface area (Å²) in [6.07, 6.45) is -0.223. The number of nitriles is 1. The van der Waals surface area contributed by atoms with Crippen molar-refractivity contribution in [3.8, 4) is 6.07 Å². The number of hydrogen-bond donors (Lipinski definition) is 1. The number of amides is 2. The van der Waals surface area contributed by atoms with Gasteiger partial charge in [0.05, 0.1) is 46.4 Å². The van der Waals surface area contributed by atoms with Crippen LogP contribution in [0, 0.1) is 30.1 Å². The van der Waals surface area contributed by atoms with Gasteiger partial charge < -0.3 is 9.84 Å². The molecule has 9 nitrogen and oxygen atoms in total. The molecule has 1 N–H and O–H groups in total. The summed E-state index contributed by atoms with van der Waals surface area (Å²) in [6, 6.07) is 18.7. The molecule has 1 aromatic heterocycles. The van der Waals surface area contributed by atoms with E-state index < -0.39 is 29.1 Å². The van der Waals surface area contributed by atoms with Gasteiger partial charge in [-0.3, -0.25) is 9.59 Å². The molecule has 2 bridgehead atoms. The van der Waals surface area contributed by atoms with E-state index in [1.54, 1.807) is 23.7 Å². The molecule has 3 aliphatic rings. The zero-order valence-electron chi connectivity index (χ0n) is 21.0. The quantitative estimate of drug-likeness (QED) is 0.421. The van der Waals surface area contributed by atoms with E-state index in [1.165, 1.54) is 4.90 Å². The van der Waals surface area contributed by atoms with Crippen molar-refractivity contribution in [2.24, 2.45) is 11.8 Å². The minimum absolute atomic E-state index is 0.261. The Labute approximate surface area is 218 Å². The Balaban J connectivity index is 1.29. The van der Waals surface area contributed by atoms with Crippen LogP contribution in [-0.2, 0) is 20.9 Å². The number of aliphatic hydroxyl groups is 1. The molecule has 38 heavy (non-hydrogen) atoms. The lowest BCUT2D eigenvalue weighted by Gasteiger charge is -2.33. The maximum Gasteiger partial charge on any atom is 0.240 e. The van der Waals surface area contributed by atoms with E-state index in [0.29, 0.717) is 35.0 Å². The van der Waals surface area contributed by atoms with E-state index in [2.05, 4.69) is 16.4 Å². The predicted molar refractivity (Wildman–Crippen MR) is 138 cm³/mol. The second-order valence-corrected chi connectivity index (χ2v) is 10.9. The monoisotopic (exact) mass is 507 g/mol. The highest BCUT2D eigenvalue weighted by Gasteiger charge is 2.77. The number of hydrogen-bond acceptors (Lipinski definition) is 7. The molecule has 0 spiro atoms. The number of benzene rings is 3. The van der Waals surface area contributed by atoms with Crippen LogP contribution in [0.1, 0.15) is 30.9 Å². The van der Waals surface area contributed by atoms with Crippen LogP contribution in [0.4, 0.5) is 5.69 Å². The summed E-state index contributed by atoms with van der Waals surface area (Å²) < 4.78 is 8.28. The fourth-order valence-corrected chi connectivity index (χ4v) is 6.97. The lowest BCUT2D eigenvalue weighted by atomic mass is 9.66. The van der Waals surface area contributed by atoms with Gasteiger partial charge in [-0.25, -0.2) is 9.58 Å². The third kappa shape index (κ3) is 2.87. The van der Waals surface area contributed by atoms with E-state index in [9.17, 15) is 20.0 Å². The Bertz CT molecular complexity index is 1720. The van der Waals surface area contributed by atoms with Crippen molar-refractivity contribution >= 4 is 39.3 Å². The van der Waals surface area contributed by atoms with Gasteiger partial charge in [-0.2, -0.15) is 5.26 Å². The van der Waals surface area contributed by atoms with Crippen LogP contribution in [0.5, 0.6) is 0 Å². The van der Waals surface area contributed by atoms with Gasteiger partial charge in [0.25, 0.3) is 0 Å². The Morgan fingerprint density at radius 3 is 2.66 bits per heavy atom. The average Bonchev–Trinajstić information content (AvgIpc) is 3.59. The number of anilines is 1. The standard InChI is InChI=1S/C29H25N5O4/c1-16-7-9-20-22(13-16)33(32-31-20)12-11-29-14-23(35)28(2,38-29)24-25(29)27(37)34(26(24)36)21-10-8-17(15-30)18-5-3-4-6-19(18)21/h3-10,13,23-25,35H,11-12,14H2,1-2H3. The first-order valence-electron chi connectivity index (χ1n) is 12.8. The lowest BCUT2D eigenvalue weighted by molar-refractivity contribution is -0.133. The minimum atomic E-state index is -1.17. The molecule has 3 aliphatic heterocycles. The number of nitrogens with zero attached hydrogens (tertiary/aromatic N) is 5. The Hall–Kier alpha value is -4.13. The van der Waals surface area contributed by atoms with E-state index in [0.717, 1.165) is 16.6 Å². The molecule has 4 heterocycles. The van der Waals surface area contributed by atoms with Gasteiger partial charge in [-0.05, 0) is 50.1 Å². The molecular weight excluding hydrogens is 482 g/mol. The second-order valence-electron chi connectivity index (χ2n) is 10.9. The SMILES string of the molecule is Cc1ccc2nnn(CCC34CC(O)C(C)(O3)C3C(=O)N(c5ccc(C#N)c6ccccc56)C(=O)C34)c2c1. The number of ether oxygens (including phenoxy) is 1. The summed E-state index contributed by atoms with van der Waals surface area (Å²) in [5, 5.41) is 30.5. The molecule has 0 aliphatic carbocycles. The highest BCUT2D eigenvalue weighted by molar-refractivity contribution is 6.26. The van der Waals surface area contributed by atoms with Crippen molar-refractivity contribution in [2.75, 3.05) is 4.90 Å². The first-order chi connectivity index (χ1) is 18.3. The van der Waals surface area contributed by atoms with E-state index >= 15 is 0 Å². The second kappa shape index (κ2) is 7.69. The smallest absolute Gasteiger partial charge is 0.240 e. The highest BCUT2D eigenvalue weighted by Crippen LogP contribution is 2.62. The molecule has 3 aromatic carbocycles. The zero-order chi connectivity index (χ0) is 26.4. The number of carbonyl (C=O) groups is 2. The van der Waals surface area contributed by atoms with Crippen molar-refractivity contribution in [1.82, 2.24) is 15.0 Å². The topological polar surface area (TPSA) is 121 Å². The normalized spacial score (nSPS) is 29.9. The van der Waals surface area contributed by atoms with Crippen LogP contribution in [0.3, 0.4) is 0 Å². The van der Waals surface area contributed by atoms with Crippen molar-refractivity contribution in [3.63, 3.8) is 0 Å². The van der Waals surface area contributed by atoms with Gasteiger partial charge in [0.15, 0.2) is 0 Å². The van der Waals surface area contributed by atoms with Gasteiger partial charge in [0, 0.05) is 23.7 Å². The van der Waals surface area contributed by atoms with Crippen LogP contribution in [0.2, 0.25) is 0 Å². The fraction of sp³-hybridized carbons (Fsp3) is 0.345. The summed E-state index contributed by atoms with van der Waals surface area (Å²) >= 11 is 0. The van der Waals surface area contributed by atoms with Crippen molar-refractivity contribution in [3.05, 3.63) is 65.7 Å². The van der Waals surface area contributed by atoms with Crippen molar-refractivity contribution in [2.45, 2.75) is 50.5 Å². The summed E-state index contributed by atoms with van der Waals surface area (Å²) in [5.41, 5.74) is 1.50. The summed E-state index contributed by atoms with van der Waals surface area (Å²) in [5.74, 6) is -2.23. The van der Waals surface area contributed by atoms with E-state index in [-0.39, 0.29) is 18.2 Å². The molecule has 7 rings (SSSR count). The number of rotatable bonds is 4. The third-order valence-corrected chi connectivity index (χ3v) is 8.79. The molecule has 5 unspecified atom stereocenters. The van der Waals surface area contributed by atoms with Crippen LogP contribution < -0.4 is 4.90 Å². The first kappa shape index (κ1) is 23.0. The number of aromatic nitrogens is 3. The fourth-order valence-electron chi connectivity index (χ4n) is 6.97. The number of aryl methyl sites for hydroxylation is 2. The predicted octanol–water partition coefficient (Wildman–Crippen LogP) is 3.25. The highest BCUT2D eigenvalue weighted by atomic mass is 16.6. The Morgan fingerprint density at radius 2 is 1.87 bits per heavy atom. The molecule has 5 atom stereocenters. The molecular formula is C29H25N5O4. The van der Waals surface area contributed by atoms with E-state index in [1.807, 2.05) is 49.4 Å². The van der Waals surface area contributed by atoms with Gasteiger partial charge >= 0.3 is 0 Å². The summed E-state index contributed by atoms with van der Waals surface area (Å²) in [6.45, 7) is 4.17. The molecule has 3 fully saturated rings. The van der Waals surface area contributed by atoms with Gasteiger partial charge in [-0.1, -0.05) is 35.5 Å². The average molecular weight is 508 g/mol. The molecule has 4 aromatic rings. The molecule has 190 valence electrons. The first-order valence-corrected chi connectivity index (χ1v) is 12.8. The molecule has 2 amide bonds. The minimum Gasteiger partial charge on any atom is -0.390 e. The number of carbonyl (C=O) groups excluding carboxylic acids is 2. The molecule has 3 saturated heterocycles. The van der Waals surface area contributed by atoms with Crippen LogP contribution in [0.25, 0.3) is 21.8 Å². The van der Waals surface area contributed by atoms with Crippen LogP contribution >= 0.6 is 0 Å². The Morgan fingerprint density at radius 1 is 1.11 bits per heavy atom. The van der Waals surface area contributed by atoms with Crippen molar-refractivity contribution in [1.29, 1.82) is 5.26 Å². The molecule has 9 heteroatoms. The zero-order valence-corrected chi connectivity index (χ0v) is 21.0. The van der Waals surface area contributed by atoms with Crippen LogP contribution in [0.15, 0.2) is 54.6 Å². The largest absolute Gasteiger partial charge is 0.390 e.